The first-order valence-corrected chi connectivity index (χ1v) is 7.48. The summed E-state index contributed by atoms with van der Waals surface area (Å²) in [5.41, 5.74) is 1.61. The van der Waals surface area contributed by atoms with E-state index in [1.54, 1.807) is 6.07 Å². The highest BCUT2D eigenvalue weighted by Crippen LogP contribution is 2.22. The van der Waals surface area contributed by atoms with Crippen molar-refractivity contribution in [3.63, 3.8) is 0 Å². The van der Waals surface area contributed by atoms with Gasteiger partial charge in [-0.1, -0.05) is 41.9 Å². The van der Waals surface area contributed by atoms with Crippen molar-refractivity contribution in [1.29, 1.82) is 0 Å². The Bertz CT molecular complexity index is 860. The van der Waals surface area contributed by atoms with Gasteiger partial charge in [0.15, 0.2) is 0 Å². The molecule has 0 saturated carbocycles. The second kappa shape index (κ2) is 6.30. The van der Waals surface area contributed by atoms with Gasteiger partial charge in [-0.05, 0) is 30.7 Å². The molecule has 0 aliphatic rings. The number of para-hydroxylation sites is 1. The summed E-state index contributed by atoms with van der Waals surface area (Å²) in [4.78, 5) is 19.3. The Morgan fingerprint density at radius 1 is 1.18 bits per heavy atom. The smallest absolute Gasteiger partial charge is 0.258 e. The monoisotopic (exact) mass is 313 g/mol. The Balaban J connectivity index is 1.79. The zero-order valence-electron chi connectivity index (χ0n) is 12.1. The third-order valence-electron chi connectivity index (χ3n) is 3.61. The number of H-pyrrole nitrogens is 1. The molecule has 1 aromatic heterocycles. The second-order valence-corrected chi connectivity index (χ2v) is 5.56. The van der Waals surface area contributed by atoms with Gasteiger partial charge >= 0.3 is 0 Å². The molecule has 0 fully saturated rings. The number of aromatic amines is 1. The molecule has 0 spiro atoms. The molecular formula is C17H16ClN3O. The minimum absolute atomic E-state index is 0.0606. The number of nitrogens with one attached hydrogen (secondary N) is 2. The van der Waals surface area contributed by atoms with E-state index in [2.05, 4.69) is 15.3 Å². The molecule has 0 unspecified atom stereocenters. The maximum atomic E-state index is 12.0. The van der Waals surface area contributed by atoms with Crippen LogP contribution in [0.4, 0.5) is 0 Å². The van der Waals surface area contributed by atoms with Gasteiger partial charge in [0, 0.05) is 11.1 Å². The van der Waals surface area contributed by atoms with E-state index in [9.17, 15) is 4.79 Å². The van der Waals surface area contributed by atoms with Gasteiger partial charge < -0.3 is 10.3 Å². The molecule has 1 heterocycles. The Morgan fingerprint density at radius 3 is 2.73 bits per heavy atom. The number of nitrogens with zero attached hydrogens (tertiary/aromatic N) is 1. The first-order valence-electron chi connectivity index (χ1n) is 7.11. The van der Waals surface area contributed by atoms with Crippen LogP contribution in [-0.2, 0) is 6.54 Å². The predicted octanol–water partition coefficient (Wildman–Crippen LogP) is 3.43. The Kier molecular flexibility index (Phi) is 4.22. The first-order chi connectivity index (χ1) is 10.6. The summed E-state index contributed by atoms with van der Waals surface area (Å²) in [6.07, 6.45) is 0. The van der Waals surface area contributed by atoms with Crippen molar-refractivity contribution >= 4 is 22.5 Å². The SMILES string of the molecule is C[C@H](NCc1nc2ccccc2c(=O)[nH]1)c1ccccc1Cl. The molecule has 4 nitrogen and oxygen atoms in total. The van der Waals surface area contributed by atoms with Gasteiger partial charge in [-0.2, -0.15) is 0 Å². The lowest BCUT2D eigenvalue weighted by atomic mass is 10.1. The topological polar surface area (TPSA) is 57.8 Å². The summed E-state index contributed by atoms with van der Waals surface area (Å²) in [6.45, 7) is 2.49. The van der Waals surface area contributed by atoms with Gasteiger partial charge in [0.1, 0.15) is 5.82 Å². The Labute approximate surface area is 133 Å². The molecule has 112 valence electrons. The number of benzene rings is 2. The van der Waals surface area contributed by atoms with Crippen molar-refractivity contribution in [2.75, 3.05) is 0 Å². The molecule has 0 aliphatic heterocycles. The lowest BCUT2D eigenvalue weighted by Crippen LogP contribution is -2.22. The van der Waals surface area contributed by atoms with Crippen LogP contribution in [0.3, 0.4) is 0 Å². The quantitative estimate of drug-likeness (QED) is 0.776. The maximum absolute atomic E-state index is 12.0. The molecule has 0 bridgehead atoms. The van der Waals surface area contributed by atoms with Crippen LogP contribution in [0, 0.1) is 0 Å². The average Bonchev–Trinajstić information content (AvgIpc) is 2.53. The summed E-state index contributed by atoms with van der Waals surface area (Å²) in [5.74, 6) is 0.614. The van der Waals surface area contributed by atoms with Crippen molar-refractivity contribution in [2.45, 2.75) is 19.5 Å². The standard InChI is InChI=1S/C17H16ClN3O/c1-11(12-6-2-4-8-14(12)18)19-10-16-20-15-9-5-3-7-13(15)17(22)21-16/h2-9,11,19H,10H2,1H3,(H,20,21,22)/t11-/m0/s1. The largest absolute Gasteiger partial charge is 0.309 e. The van der Waals surface area contributed by atoms with Crippen molar-refractivity contribution < 1.29 is 0 Å². The molecule has 0 amide bonds. The maximum Gasteiger partial charge on any atom is 0.258 e. The van der Waals surface area contributed by atoms with Crippen LogP contribution in [-0.4, -0.2) is 9.97 Å². The zero-order chi connectivity index (χ0) is 15.5. The molecule has 2 aromatic carbocycles. The van der Waals surface area contributed by atoms with Gasteiger partial charge in [0.2, 0.25) is 0 Å². The van der Waals surface area contributed by atoms with E-state index in [1.165, 1.54) is 0 Å². The fourth-order valence-electron chi connectivity index (χ4n) is 2.40. The minimum atomic E-state index is -0.118. The molecule has 0 aliphatic carbocycles. The highest BCUT2D eigenvalue weighted by molar-refractivity contribution is 6.31. The first kappa shape index (κ1) is 14.8. The van der Waals surface area contributed by atoms with Crippen molar-refractivity contribution in [1.82, 2.24) is 15.3 Å². The molecule has 0 radical (unpaired) electrons. The van der Waals surface area contributed by atoms with Gasteiger partial charge in [0.25, 0.3) is 5.56 Å². The molecule has 0 saturated heterocycles. The van der Waals surface area contributed by atoms with E-state index in [0.29, 0.717) is 23.3 Å². The molecule has 5 heteroatoms. The Morgan fingerprint density at radius 2 is 1.91 bits per heavy atom. The summed E-state index contributed by atoms with van der Waals surface area (Å²) >= 11 is 6.19. The number of hydrogen-bond acceptors (Lipinski definition) is 3. The molecule has 22 heavy (non-hydrogen) atoms. The van der Waals surface area contributed by atoms with Crippen LogP contribution in [0.25, 0.3) is 10.9 Å². The molecule has 1 atom stereocenters. The van der Waals surface area contributed by atoms with E-state index in [1.807, 2.05) is 49.4 Å². The number of aromatic nitrogens is 2. The van der Waals surface area contributed by atoms with Crippen molar-refractivity contribution in [2.24, 2.45) is 0 Å². The summed E-state index contributed by atoms with van der Waals surface area (Å²) in [6, 6.07) is 15.1. The van der Waals surface area contributed by atoms with E-state index in [0.717, 1.165) is 10.6 Å². The fraction of sp³-hybridized carbons (Fsp3) is 0.176. The summed E-state index contributed by atoms with van der Waals surface area (Å²) in [7, 11) is 0. The van der Waals surface area contributed by atoms with Gasteiger partial charge in [-0.25, -0.2) is 4.98 Å². The minimum Gasteiger partial charge on any atom is -0.309 e. The zero-order valence-corrected chi connectivity index (χ0v) is 12.9. The highest BCUT2D eigenvalue weighted by atomic mass is 35.5. The van der Waals surface area contributed by atoms with Gasteiger partial charge in [0.05, 0.1) is 17.4 Å². The number of rotatable bonds is 4. The van der Waals surface area contributed by atoms with Crippen LogP contribution in [0.2, 0.25) is 5.02 Å². The van der Waals surface area contributed by atoms with Crippen LogP contribution in [0.1, 0.15) is 24.4 Å². The third kappa shape index (κ3) is 3.03. The van der Waals surface area contributed by atoms with Crippen LogP contribution in [0.5, 0.6) is 0 Å². The highest BCUT2D eigenvalue weighted by Gasteiger charge is 2.09. The third-order valence-corrected chi connectivity index (χ3v) is 3.95. The fourth-order valence-corrected chi connectivity index (χ4v) is 2.70. The van der Waals surface area contributed by atoms with Crippen LogP contribution in [0.15, 0.2) is 53.3 Å². The normalized spacial score (nSPS) is 12.5. The molecular weight excluding hydrogens is 298 g/mol. The molecule has 3 aromatic rings. The second-order valence-electron chi connectivity index (χ2n) is 5.15. The number of fused-ring (bicyclic) bond motifs is 1. The van der Waals surface area contributed by atoms with Crippen molar-refractivity contribution in [3.05, 3.63) is 75.3 Å². The summed E-state index contributed by atoms with van der Waals surface area (Å²) < 4.78 is 0. The summed E-state index contributed by atoms with van der Waals surface area (Å²) in [5, 5.41) is 4.66. The Hall–Kier alpha value is -2.17. The van der Waals surface area contributed by atoms with Crippen LogP contribution >= 0.6 is 11.6 Å². The average molecular weight is 314 g/mol. The molecule has 3 rings (SSSR count). The van der Waals surface area contributed by atoms with E-state index in [-0.39, 0.29) is 11.6 Å². The van der Waals surface area contributed by atoms with Gasteiger partial charge in [-0.15, -0.1) is 0 Å². The van der Waals surface area contributed by atoms with Crippen LogP contribution < -0.4 is 10.9 Å². The van der Waals surface area contributed by atoms with E-state index in [4.69, 9.17) is 11.6 Å². The van der Waals surface area contributed by atoms with E-state index >= 15 is 0 Å². The van der Waals surface area contributed by atoms with Crippen molar-refractivity contribution in [3.8, 4) is 0 Å². The predicted molar refractivity (Wildman–Crippen MR) is 89.1 cm³/mol. The number of halogens is 1. The lowest BCUT2D eigenvalue weighted by molar-refractivity contribution is 0.559. The number of hydrogen-bond donors (Lipinski definition) is 2. The molecule has 2 N–H and O–H groups in total. The lowest BCUT2D eigenvalue weighted by Gasteiger charge is -2.15. The van der Waals surface area contributed by atoms with Gasteiger partial charge in [-0.3, -0.25) is 4.79 Å². The van der Waals surface area contributed by atoms with E-state index < -0.39 is 0 Å².